The molecular weight excluding hydrogens is 281 g/mol. The number of likely N-dealkylation sites (tertiary alicyclic amines) is 1. The zero-order valence-electron chi connectivity index (χ0n) is 9.95. The van der Waals surface area contributed by atoms with Crippen LogP contribution in [0.4, 0.5) is 13.2 Å². The minimum absolute atomic E-state index is 0.0755. The van der Waals surface area contributed by atoms with Gasteiger partial charge in [-0.25, -0.2) is 4.98 Å². The van der Waals surface area contributed by atoms with Crippen molar-refractivity contribution in [2.24, 2.45) is 5.92 Å². The summed E-state index contributed by atoms with van der Waals surface area (Å²) < 4.78 is 38.0. The Hall–Kier alpha value is -1.30. The third-order valence-electron chi connectivity index (χ3n) is 3.15. The molecule has 2 heterocycles. The van der Waals surface area contributed by atoms with E-state index in [9.17, 15) is 18.0 Å². The summed E-state index contributed by atoms with van der Waals surface area (Å²) in [6.45, 7) is 0.0546. The fourth-order valence-corrected chi connectivity index (χ4v) is 2.23. The van der Waals surface area contributed by atoms with Crippen molar-refractivity contribution in [2.45, 2.75) is 19.0 Å². The Morgan fingerprint density at radius 1 is 1.42 bits per heavy atom. The lowest BCUT2D eigenvalue weighted by Crippen LogP contribution is -2.44. The average molecular weight is 293 g/mol. The van der Waals surface area contributed by atoms with E-state index in [4.69, 9.17) is 11.6 Å². The molecule has 0 spiro atoms. The SMILES string of the molecule is O=C(c1ccc(Cl)nc1)N1CCCC(C(F)(F)F)C1. The number of alkyl halides is 3. The molecule has 1 saturated heterocycles. The van der Waals surface area contributed by atoms with Crippen LogP contribution >= 0.6 is 11.6 Å². The van der Waals surface area contributed by atoms with E-state index in [2.05, 4.69) is 4.98 Å². The summed E-state index contributed by atoms with van der Waals surface area (Å²) in [5.74, 6) is -1.87. The largest absolute Gasteiger partial charge is 0.393 e. The molecule has 1 aliphatic rings. The Morgan fingerprint density at radius 3 is 2.74 bits per heavy atom. The second-order valence-electron chi connectivity index (χ2n) is 4.50. The first kappa shape index (κ1) is 14.1. The second kappa shape index (κ2) is 5.36. The lowest BCUT2D eigenvalue weighted by Gasteiger charge is -2.33. The molecule has 0 radical (unpaired) electrons. The Kier molecular flexibility index (Phi) is 3.99. The highest BCUT2D eigenvalue weighted by Crippen LogP contribution is 2.33. The summed E-state index contributed by atoms with van der Waals surface area (Å²) >= 11 is 5.60. The molecule has 1 aliphatic heterocycles. The van der Waals surface area contributed by atoms with Crippen molar-refractivity contribution < 1.29 is 18.0 Å². The van der Waals surface area contributed by atoms with Gasteiger partial charge in [-0.15, -0.1) is 0 Å². The number of aromatic nitrogens is 1. The van der Waals surface area contributed by atoms with Gasteiger partial charge in [-0.2, -0.15) is 13.2 Å². The molecule has 0 saturated carbocycles. The molecule has 0 aromatic carbocycles. The zero-order chi connectivity index (χ0) is 14.0. The van der Waals surface area contributed by atoms with Crippen LogP contribution < -0.4 is 0 Å². The normalized spacial score (nSPS) is 20.4. The van der Waals surface area contributed by atoms with E-state index >= 15 is 0 Å². The minimum atomic E-state index is -4.25. The van der Waals surface area contributed by atoms with Crippen molar-refractivity contribution in [3.05, 3.63) is 29.0 Å². The topological polar surface area (TPSA) is 33.2 Å². The van der Waals surface area contributed by atoms with Gasteiger partial charge in [0, 0.05) is 19.3 Å². The van der Waals surface area contributed by atoms with Crippen LogP contribution in [0.3, 0.4) is 0 Å². The number of halogens is 4. The van der Waals surface area contributed by atoms with Gasteiger partial charge in [-0.1, -0.05) is 11.6 Å². The molecular formula is C12H12ClF3N2O. The number of carbonyl (C=O) groups excluding carboxylic acids is 1. The van der Waals surface area contributed by atoms with Crippen molar-refractivity contribution in [3.63, 3.8) is 0 Å². The van der Waals surface area contributed by atoms with E-state index in [1.54, 1.807) is 0 Å². The monoisotopic (exact) mass is 292 g/mol. The van der Waals surface area contributed by atoms with Crippen LogP contribution in [-0.4, -0.2) is 35.1 Å². The highest BCUT2D eigenvalue weighted by Gasteiger charge is 2.42. The highest BCUT2D eigenvalue weighted by atomic mass is 35.5. The van der Waals surface area contributed by atoms with Crippen LogP contribution in [0.5, 0.6) is 0 Å². The molecule has 0 aliphatic carbocycles. The number of pyridine rings is 1. The standard InChI is InChI=1S/C12H12ClF3N2O/c13-10-4-3-8(6-17-10)11(19)18-5-1-2-9(7-18)12(14,15)16/h3-4,6,9H,1-2,5,7H2. The molecule has 0 bridgehead atoms. The van der Waals surface area contributed by atoms with Crippen LogP contribution in [0.2, 0.25) is 5.15 Å². The third-order valence-corrected chi connectivity index (χ3v) is 3.37. The third kappa shape index (κ3) is 3.37. The van der Waals surface area contributed by atoms with E-state index in [0.717, 1.165) is 0 Å². The van der Waals surface area contributed by atoms with Gasteiger partial charge in [-0.3, -0.25) is 4.79 Å². The molecule has 0 N–H and O–H groups in total. The van der Waals surface area contributed by atoms with E-state index in [1.165, 1.54) is 23.2 Å². The number of nitrogens with zero attached hydrogens (tertiary/aromatic N) is 2. The summed E-state index contributed by atoms with van der Waals surface area (Å²) in [5, 5.41) is 0.239. The first-order chi connectivity index (χ1) is 8.88. The van der Waals surface area contributed by atoms with Crippen LogP contribution in [-0.2, 0) is 0 Å². The van der Waals surface area contributed by atoms with Crippen LogP contribution in [0.15, 0.2) is 18.3 Å². The predicted octanol–water partition coefficient (Wildman–Crippen LogP) is 3.15. The van der Waals surface area contributed by atoms with Gasteiger partial charge in [0.1, 0.15) is 5.15 Å². The van der Waals surface area contributed by atoms with Gasteiger partial charge < -0.3 is 4.90 Å². The van der Waals surface area contributed by atoms with E-state index in [1.807, 2.05) is 0 Å². The van der Waals surface area contributed by atoms with E-state index in [-0.39, 0.29) is 23.7 Å². The molecule has 2 rings (SSSR count). The van der Waals surface area contributed by atoms with E-state index in [0.29, 0.717) is 13.0 Å². The Labute approximate surface area is 113 Å². The number of hydrogen-bond donors (Lipinski definition) is 0. The van der Waals surface area contributed by atoms with Gasteiger partial charge in [-0.05, 0) is 25.0 Å². The minimum Gasteiger partial charge on any atom is -0.338 e. The quantitative estimate of drug-likeness (QED) is 0.745. The first-order valence-electron chi connectivity index (χ1n) is 5.85. The molecule has 104 valence electrons. The number of carbonyl (C=O) groups is 1. The number of piperidine rings is 1. The fraction of sp³-hybridized carbons (Fsp3) is 0.500. The van der Waals surface area contributed by atoms with Crippen LogP contribution in [0, 0.1) is 5.92 Å². The summed E-state index contributed by atoms with van der Waals surface area (Å²) in [6, 6.07) is 2.91. The van der Waals surface area contributed by atoms with Crippen molar-refractivity contribution in [2.75, 3.05) is 13.1 Å². The number of rotatable bonds is 1. The Bertz CT molecular complexity index is 461. The van der Waals surface area contributed by atoms with Gasteiger partial charge >= 0.3 is 6.18 Å². The molecule has 1 aromatic rings. The maximum atomic E-state index is 12.7. The first-order valence-corrected chi connectivity index (χ1v) is 6.23. The maximum Gasteiger partial charge on any atom is 0.393 e. The van der Waals surface area contributed by atoms with Gasteiger partial charge in [0.15, 0.2) is 0 Å². The van der Waals surface area contributed by atoms with Crippen LogP contribution in [0.25, 0.3) is 0 Å². The number of hydrogen-bond acceptors (Lipinski definition) is 2. The summed E-state index contributed by atoms with van der Waals surface area (Å²) in [7, 11) is 0. The van der Waals surface area contributed by atoms with E-state index < -0.39 is 18.0 Å². The highest BCUT2D eigenvalue weighted by molar-refractivity contribution is 6.29. The summed E-state index contributed by atoms with van der Waals surface area (Å²) in [5.41, 5.74) is 0.257. The van der Waals surface area contributed by atoms with Crippen molar-refractivity contribution in [1.29, 1.82) is 0 Å². The molecule has 1 amide bonds. The zero-order valence-corrected chi connectivity index (χ0v) is 10.7. The average Bonchev–Trinajstić information content (AvgIpc) is 2.38. The Balaban J connectivity index is 2.09. The Morgan fingerprint density at radius 2 is 2.16 bits per heavy atom. The van der Waals surface area contributed by atoms with Crippen molar-refractivity contribution in [1.82, 2.24) is 9.88 Å². The molecule has 1 unspecified atom stereocenters. The number of amides is 1. The lowest BCUT2D eigenvalue weighted by atomic mass is 9.97. The fourth-order valence-electron chi connectivity index (χ4n) is 2.11. The second-order valence-corrected chi connectivity index (χ2v) is 4.89. The molecule has 3 nitrogen and oxygen atoms in total. The summed E-state index contributed by atoms with van der Waals surface area (Å²) in [6.07, 6.45) is -2.54. The molecule has 1 atom stereocenters. The van der Waals surface area contributed by atoms with Crippen LogP contribution in [0.1, 0.15) is 23.2 Å². The van der Waals surface area contributed by atoms with Crippen molar-refractivity contribution in [3.8, 4) is 0 Å². The molecule has 1 fully saturated rings. The van der Waals surface area contributed by atoms with Crippen molar-refractivity contribution >= 4 is 17.5 Å². The maximum absolute atomic E-state index is 12.7. The molecule has 7 heteroatoms. The predicted molar refractivity (Wildman–Crippen MR) is 63.9 cm³/mol. The molecule has 1 aromatic heterocycles. The lowest BCUT2D eigenvalue weighted by molar-refractivity contribution is -0.184. The van der Waals surface area contributed by atoms with Gasteiger partial charge in [0.05, 0.1) is 11.5 Å². The van der Waals surface area contributed by atoms with Gasteiger partial charge in [0.2, 0.25) is 0 Å². The van der Waals surface area contributed by atoms with Gasteiger partial charge in [0.25, 0.3) is 5.91 Å². The smallest absolute Gasteiger partial charge is 0.338 e. The molecule has 19 heavy (non-hydrogen) atoms. The summed E-state index contributed by atoms with van der Waals surface area (Å²) in [4.78, 5) is 17.0.